The number of amides is 2. The monoisotopic (exact) mass is 293 g/mol. The summed E-state index contributed by atoms with van der Waals surface area (Å²) in [5.41, 5.74) is 0.819. The van der Waals surface area contributed by atoms with Crippen LogP contribution in [0.5, 0.6) is 5.75 Å². The number of nitrogens with one attached hydrogen (secondary N) is 1. The van der Waals surface area contributed by atoms with Gasteiger partial charge in [0.05, 0.1) is 19.9 Å². The Morgan fingerprint density at radius 3 is 2.52 bits per heavy atom. The van der Waals surface area contributed by atoms with Crippen molar-refractivity contribution in [1.29, 1.82) is 0 Å². The number of hydrogen-bond acceptors (Lipinski definition) is 5. The van der Waals surface area contributed by atoms with Gasteiger partial charge in [-0.2, -0.15) is 0 Å². The van der Waals surface area contributed by atoms with Gasteiger partial charge in [-0.25, -0.2) is 0 Å². The molecule has 0 atom stereocenters. The van der Waals surface area contributed by atoms with Crippen LogP contribution in [-0.4, -0.2) is 57.3 Å². The van der Waals surface area contributed by atoms with Gasteiger partial charge in [0, 0.05) is 14.1 Å². The van der Waals surface area contributed by atoms with E-state index in [0.717, 1.165) is 11.3 Å². The number of methoxy groups -OCH3 is 1. The van der Waals surface area contributed by atoms with Crippen molar-refractivity contribution in [2.45, 2.75) is 0 Å². The van der Waals surface area contributed by atoms with Crippen LogP contribution in [-0.2, 0) is 14.4 Å². The minimum atomic E-state index is -0.405. The first-order chi connectivity index (χ1) is 10.0. The second-order valence-corrected chi connectivity index (χ2v) is 4.35. The summed E-state index contributed by atoms with van der Waals surface area (Å²) in [6, 6.07) is 7.20. The maximum atomic E-state index is 11.4. The fourth-order valence-electron chi connectivity index (χ4n) is 1.27. The molecule has 0 radical (unpaired) electrons. The minimum absolute atomic E-state index is 0.0581. The zero-order valence-corrected chi connectivity index (χ0v) is 12.3. The van der Waals surface area contributed by atoms with E-state index in [1.807, 2.05) is 12.1 Å². The maximum absolute atomic E-state index is 11.4. The summed E-state index contributed by atoms with van der Waals surface area (Å²) in [6.07, 6.45) is 1.48. The zero-order valence-electron chi connectivity index (χ0n) is 12.3. The lowest BCUT2D eigenvalue weighted by Gasteiger charge is -2.10. The molecule has 0 aliphatic carbocycles. The first kappa shape index (κ1) is 16.5. The van der Waals surface area contributed by atoms with Crippen molar-refractivity contribution in [1.82, 2.24) is 10.2 Å². The smallest absolute Gasteiger partial charge is 0.261 e. The van der Waals surface area contributed by atoms with E-state index in [-0.39, 0.29) is 19.1 Å². The van der Waals surface area contributed by atoms with E-state index < -0.39 is 5.91 Å². The van der Waals surface area contributed by atoms with E-state index in [0.29, 0.717) is 0 Å². The molecule has 0 fully saturated rings. The summed E-state index contributed by atoms with van der Waals surface area (Å²) in [4.78, 5) is 28.9. The van der Waals surface area contributed by atoms with Crippen LogP contribution in [0.3, 0.4) is 0 Å². The number of ether oxygens (including phenoxy) is 1. The van der Waals surface area contributed by atoms with Crippen molar-refractivity contribution >= 4 is 18.0 Å². The standard InChI is InChI=1S/C14H19N3O4/c1-17(2)14(19)9-15-13(18)10-21-16-8-11-4-6-12(20-3)7-5-11/h4-8H,9-10H2,1-3H3,(H,15,18)/b16-8-. The Hall–Kier alpha value is -2.57. The predicted octanol–water partition coefficient (Wildman–Crippen LogP) is 0.250. The highest BCUT2D eigenvalue weighted by Crippen LogP contribution is 2.09. The summed E-state index contributed by atoms with van der Waals surface area (Å²) in [5, 5.41) is 6.11. The van der Waals surface area contributed by atoms with Gasteiger partial charge in [-0.15, -0.1) is 0 Å². The highest BCUT2D eigenvalue weighted by molar-refractivity contribution is 5.85. The highest BCUT2D eigenvalue weighted by atomic mass is 16.6. The summed E-state index contributed by atoms with van der Waals surface area (Å²) in [5.74, 6) is 0.153. The quantitative estimate of drug-likeness (QED) is 0.577. The third kappa shape index (κ3) is 6.42. The number of likely N-dealkylation sites (N-methyl/N-ethyl adjacent to an activating group) is 1. The van der Waals surface area contributed by atoms with Gasteiger partial charge in [-0.05, 0) is 29.8 Å². The second-order valence-electron chi connectivity index (χ2n) is 4.35. The van der Waals surface area contributed by atoms with Crippen LogP contribution in [0.4, 0.5) is 0 Å². The van der Waals surface area contributed by atoms with E-state index in [9.17, 15) is 9.59 Å². The van der Waals surface area contributed by atoms with Crippen molar-refractivity contribution < 1.29 is 19.2 Å². The fourth-order valence-corrected chi connectivity index (χ4v) is 1.27. The SMILES string of the molecule is COc1ccc(/C=N\OCC(=O)NCC(=O)N(C)C)cc1. The lowest BCUT2D eigenvalue weighted by atomic mass is 10.2. The zero-order chi connectivity index (χ0) is 15.7. The Labute approximate surface area is 123 Å². The molecule has 0 saturated heterocycles. The van der Waals surface area contributed by atoms with Crippen LogP contribution in [0.15, 0.2) is 29.4 Å². The average Bonchev–Trinajstić information content (AvgIpc) is 2.49. The van der Waals surface area contributed by atoms with Gasteiger partial charge in [-0.1, -0.05) is 5.16 Å². The number of benzene rings is 1. The molecule has 1 rings (SSSR count). The van der Waals surface area contributed by atoms with Crippen molar-refractivity contribution in [2.24, 2.45) is 5.16 Å². The lowest BCUT2D eigenvalue weighted by molar-refractivity contribution is -0.132. The third-order valence-corrected chi connectivity index (χ3v) is 2.52. The molecule has 0 spiro atoms. The lowest BCUT2D eigenvalue weighted by Crippen LogP contribution is -2.37. The molecule has 0 aliphatic rings. The number of nitrogens with zero attached hydrogens (tertiary/aromatic N) is 2. The molecule has 0 saturated carbocycles. The van der Waals surface area contributed by atoms with Crippen molar-refractivity contribution in [3.05, 3.63) is 29.8 Å². The van der Waals surface area contributed by atoms with E-state index in [4.69, 9.17) is 9.57 Å². The molecule has 21 heavy (non-hydrogen) atoms. The fraction of sp³-hybridized carbons (Fsp3) is 0.357. The first-order valence-corrected chi connectivity index (χ1v) is 6.29. The summed E-state index contributed by atoms with van der Waals surface area (Å²) in [7, 11) is 4.82. The predicted molar refractivity (Wildman–Crippen MR) is 78.2 cm³/mol. The normalized spacial score (nSPS) is 10.2. The summed E-state index contributed by atoms with van der Waals surface area (Å²) < 4.78 is 5.03. The number of oxime groups is 1. The molecule has 7 heteroatoms. The van der Waals surface area contributed by atoms with Gasteiger partial charge in [0.25, 0.3) is 5.91 Å². The molecule has 2 amide bonds. The molecule has 1 aromatic carbocycles. The molecule has 0 unspecified atom stereocenters. The molecular formula is C14H19N3O4. The van der Waals surface area contributed by atoms with Gasteiger partial charge in [0.2, 0.25) is 5.91 Å². The second kappa shape index (κ2) is 8.57. The van der Waals surface area contributed by atoms with Gasteiger partial charge in [0.15, 0.2) is 6.61 Å². The van der Waals surface area contributed by atoms with Gasteiger partial charge in [-0.3, -0.25) is 9.59 Å². The molecule has 0 aromatic heterocycles. The van der Waals surface area contributed by atoms with Crippen LogP contribution >= 0.6 is 0 Å². The molecule has 0 aliphatic heterocycles. The summed E-state index contributed by atoms with van der Waals surface area (Å²) in [6.45, 7) is -0.301. The first-order valence-electron chi connectivity index (χ1n) is 6.29. The van der Waals surface area contributed by atoms with Crippen molar-refractivity contribution in [3.63, 3.8) is 0 Å². The molecule has 1 N–H and O–H groups in total. The average molecular weight is 293 g/mol. The van der Waals surface area contributed by atoms with Crippen LogP contribution in [0.2, 0.25) is 0 Å². The van der Waals surface area contributed by atoms with Gasteiger partial charge < -0.3 is 19.8 Å². The Morgan fingerprint density at radius 2 is 1.95 bits per heavy atom. The minimum Gasteiger partial charge on any atom is -0.497 e. The van der Waals surface area contributed by atoms with E-state index >= 15 is 0 Å². The topological polar surface area (TPSA) is 80.2 Å². The molecular weight excluding hydrogens is 274 g/mol. The van der Waals surface area contributed by atoms with Crippen LogP contribution in [0, 0.1) is 0 Å². The Morgan fingerprint density at radius 1 is 1.29 bits per heavy atom. The molecule has 0 bridgehead atoms. The van der Waals surface area contributed by atoms with Gasteiger partial charge >= 0.3 is 0 Å². The highest BCUT2D eigenvalue weighted by Gasteiger charge is 2.06. The van der Waals surface area contributed by atoms with Crippen molar-refractivity contribution in [3.8, 4) is 5.75 Å². The Kier molecular flexibility index (Phi) is 6.73. The van der Waals surface area contributed by atoms with Crippen LogP contribution < -0.4 is 10.1 Å². The number of hydrogen-bond donors (Lipinski definition) is 1. The van der Waals surface area contributed by atoms with E-state index in [2.05, 4.69) is 10.5 Å². The maximum Gasteiger partial charge on any atom is 0.261 e. The Bertz CT molecular complexity index is 497. The number of rotatable bonds is 7. The molecule has 1 aromatic rings. The largest absolute Gasteiger partial charge is 0.497 e. The number of carbonyl (C=O) groups is 2. The van der Waals surface area contributed by atoms with Crippen LogP contribution in [0.25, 0.3) is 0 Å². The van der Waals surface area contributed by atoms with E-state index in [1.165, 1.54) is 11.1 Å². The molecule has 0 heterocycles. The third-order valence-electron chi connectivity index (χ3n) is 2.52. The summed E-state index contributed by atoms with van der Waals surface area (Å²) >= 11 is 0. The van der Waals surface area contributed by atoms with Gasteiger partial charge in [0.1, 0.15) is 5.75 Å². The number of carbonyl (C=O) groups excluding carboxylic acids is 2. The van der Waals surface area contributed by atoms with E-state index in [1.54, 1.807) is 33.3 Å². The Balaban J connectivity index is 2.27. The molecule has 114 valence electrons. The molecule has 7 nitrogen and oxygen atoms in total. The van der Waals surface area contributed by atoms with Crippen LogP contribution in [0.1, 0.15) is 5.56 Å². The van der Waals surface area contributed by atoms with Crippen molar-refractivity contribution in [2.75, 3.05) is 34.4 Å².